The summed E-state index contributed by atoms with van der Waals surface area (Å²) in [6, 6.07) is 0. The summed E-state index contributed by atoms with van der Waals surface area (Å²) >= 11 is 7.07. The van der Waals surface area contributed by atoms with Crippen LogP contribution in [0.1, 0.15) is 66.2 Å². The minimum Gasteiger partial charge on any atom is -0.122 e. The molecule has 23 heavy (non-hydrogen) atoms. The predicted molar refractivity (Wildman–Crippen MR) is 99.6 cm³/mol. The van der Waals surface area contributed by atoms with Gasteiger partial charge in [0, 0.05) is 10.8 Å². The molecule has 3 saturated carbocycles. The summed E-state index contributed by atoms with van der Waals surface area (Å²) in [5.74, 6) is 4.12. The van der Waals surface area contributed by atoms with Crippen LogP contribution < -0.4 is 0 Å². The van der Waals surface area contributed by atoms with Crippen LogP contribution in [-0.2, 0) is 0 Å². The van der Waals surface area contributed by atoms with Gasteiger partial charge in [-0.25, -0.2) is 0 Å². The van der Waals surface area contributed by atoms with E-state index in [4.69, 9.17) is 11.6 Å². The van der Waals surface area contributed by atoms with E-state index < -0.39 is 0 Å². The van der Waals surface area contributed by atoms with Crippen molar-refractivity contribution < 1.29 is 0 Å². The Labute approximate surface area is 147 Å². The van der Waals surface area contributed by atoms with Gasteiger partial charge in [-0.2, -0.15) is 0 Å². The van der Waals surface area contributed by atoms with Crippen molar-refractivity contribution >= 4 is 11.6 Å². The van der Waals surface area contributed by atoms with Gasteiger partial charge in [-0.1, -0.05) is 57.9 Å². The lowest BCUT2D eigenvalue weighted by molar-refractivity contribution is -0.0328. The average Bonchev–Trinajstić information content (AvgIpc) is 2.77. The summed E-state index contributed by atoms with van der Waals surface area (Å²) in [6.45, 7) is 10.0. The zero-order valence-electron chi connectivity index (χ0n) is 15.3. The van der Waals surface area contributed by atoms with Crippen molar-refractivity contribution in [2.75, 3.05) is 0 Å². The third-order valence-corrected chi connectivity index (χ3v) is 9.07. The highest BCUT2D eigenvalue weighted by atomic mass is 35.5. The van der Waals surface area contributed by atoms with Gasteiger partial charge in [0.05, 0.1) is 0 Å². The van der Waals surface area contributed by atoms with Crippen LogP contribution in [0.3, 0.4) is 0 Å². The summed E-state index contributed by atoms with van der Waals surface area (Å²) in [4.78, 5) is 0. The topological polar surface area (TPSA) is 0 Å². The van der Waals surface area contributed by atoms with Crippen molar-refractivity contribution in [1.29, 1.82) is 0 Å². The molecule has 128 valence electrons. The van der Waals surface area contributed by atoms with Gasteiger partial charge in [-0.3, -0.25) is 0 Å². The Hall–Kier alpha value is -0.230. The molecule has 1 heteroatoms. The fourth-order valence-electron chi connectivity index (χ4n) is 7.60. The van der Waals surface area contributed by atoms with Crippen LogP contribution in [0.5, 0.6) is 0 Å². The van der Waals surface area contributed by atoms with E-state index in [1.165, 1.54) is 25.7 Å². The molecular weight excluding hydrogens is 300 g/mol. The van der Waals surface area contributed by atoms with Crippen LogP contribution in [0.25, 0.3) is 0 Å². The molecule has 0 radical (unpaired) electrons. The van der Waals surface area contributed by atoms with Gasteiger partial charge in [0.1, 0.15) is 0 Å². The maximum Gasteiger partial charge on any atom is 0.0407 e. The van der Waals surface area contributed by atoms with Crippen LogP contribution in [0.4, 0.5) is 0 Å². The van der Waals surface area contributed by atoms with E-state index in [0.717, 1.165) is 42.4 Å². The molecule has 0 amide bonds. The van der Waals surface area contributed by atoms with Crippen molar-refractivity contribution in [3.63, 3.8) is 0 Å². The molecular formula is C22H33Cl. The second kappa shape index (κ2) is 5.38. The predicted octanol–water partition coefficient (Wildman–Crippen LogP) is 6.60. The normalized spacial score (nSPS) is 54.9. The lowest BCUT2D eigenvalue weighted by Gasteiger charge is -2.58. The third kappa shape index (κ3) is 2.09. The van der Waals surface area contributed by atoms with Crippen molar-refractivity contribution in [2.45, 2.75) is 71.6 Å². The van der Waals surface area contributed by atoms with Crippen molar-refractivity contribution in [1.82, 2.24) is 0 Å². The fraction of sp³-hybridized carbons (Fsp3) is 0.818. The van der Waals surface area contributed by atoms with E-state index in [-0.39, 0.29) is 0 Å². The molecule has 0 aromatic rings. The van der Waals surface area contributed by atoms with Gasteiger partial charge in [-0.15, -0.1) is 11.6 Å². The SMILES string of the molecule is CC[C@H]1[C@H](C)C[C@H]2[C@@H]3[C@H](Cl)CC4=CCC=C[C@]4(C)[C@H]3CC[C@@]21C. The van der Waals surface area contributed by atoms with Crippen molar-refractivity contribution in [2.24, 2.45) is 40.4 Å². The minimum atomic E-state index is 0.295. The largest absolute Gasteiger partial charge is 0.122 e. The Morgan fingerprint density at radius 2 is 2.04 bits per heavy atom. The number of allylic oxidation sites excluding steroid dienone is 4. The number of hydrogen-bond donors (Lipinski definition) is 0. The zero-order chi connectivity index (χ0) is 16.4. The quantitative estimate of drug-likeness (QED) is 0.374. The van der Waals surface area contributed by atoms with Crippen LogP contribution in [0.2, 0.25) is 0 Å². The first kappa shape index (κ1) is 16.2. The van der Waals surface area contributed by atoms with Crippen LogP contribution in [-0.4, -0.2) is 5.38 Å². The fourth-order valence-corrected chi connectivity index (χ4v) is 8.12. The number of alkyl halides is 1. The molecule has 0 aromatic carbocycles. The Kier molecular flexibility index (Phi) is 3.80. The summed E-state index contributed by atoms with van der Waals surface area (Å²) < 4.78 is 0. The second-order valence-corrected chi connectivity index (χ2v) is 9.99. The monoisotopic (exact) mass is 332 g/mol. The number of halogens is 1. The van der Waals surface area contributed by atoms with Crippen molar-refractivity contribution in [3.8, 4) is 0 Å². The van der Waals surface area contributed by atoms with Gasteiger partial charge in [-0.05, 0) is 67.1 Å². The number of fused-ring (bicyclic) bond motifs is 5. The van der Waals surface area contributed by atoms with E-state index in [1.807, 2.05) is 0 Å². The summed E-state index contributed by atoms with van der Waals surface area (Å²) in [7, 11) is 0. The first-order chi connectivity index (χ1) is 10.9. The Morgan fingerprint density at radius 1 is 1.26 bits per heavy atom. The molecule has 0 heterocycles. The first-order valence-corrected chi connectivity index (χ1v) is 10.4. The van der Waals surface area contributed by atoms with Gasteiger partial charge in [0.15, 0.2) is 0 Å². The second-order valence-electron chi connectivity index (χ2n) is 9.43. The van der Waals surface area contributed by atoms with Gasteiger partial charge >= 0.3 is 0 Å². The van der Waals surface area contributed by atoms with Gasteiger partial charge in [0.25, 0.3) is 0 Å². The first-order valence-electron chi connectivity index (χ1n) is 9.93. The zero-order valence-corrected chi connectivity index (χ0v) is 16.1. The van der Waals surface area contributed by atoms with Gasteiger partial charge in [0.2, 0.25) is 0 Å². The molecule has 0 saturated heterocycles. The molecule has 0 N–H and O–H groups in total. The molecule has 4 aliphatic rings. The lowest BCUT2D eigenvalue weighted by Crippen LogP contribution is -2.53. The summed E-state index contributed by atoms with van der Waals surface area (Å²) in [6.07, 6.45) is 15.2. The highest BCUT2D eigenvalue weighted by molar-refractivity contribution is 6.21. The average molecular weight is 333 g/mol. The van der Waals surface area contributed by atoms with E-state index >= 15 is 0 Å². The van der Waals surface area contributed by atoms with E-state index in [2.05, 4.69) is 45.9 Å². The summed E-state index contributed by atoms with van der Waals surface area (Å²) in [5, 5.41) is 0.359. The van der Waals surface area contributed by atoms with E-state index in [0.29, 0.717) is 16.2 Å². The molecule has 0 unspecified atom stereocenters. The molecule has 0 aliphatic heterocycles. The molecule has 8 atom stereocenters. The van der Waals surface area contributed by atoms with Crippen LogP contribution in [0, 0.1) is 40.4 Å². The maximum atomic E-state index is 7.07. The third-order valence-electron chi connectivity index (χ3n) is 8.63. The molecule has 0 nitrogen and oxygen atoms in total. The summed E-state index contributed by atoms with van der Waals surface area (Å²) in [5.41, 5.74) is 2.48. The molecule has 0 aromatic heterocycles. The minimum absolute atomic E-state index is 0.295. The standard InChI is InChI=1S/C22H33Cl/c1-5-16-14(2)12-18-20-17(9-11-22(16,18)4)21(3)10-7-6-8-15(21)13-19(20)23/h7-8,10,14,16-20H,5-6,9,11-13H2,1-4H3/t14-,16+,17+,18+,19-,20-,21+,22-/m1/s1. The maximum absolute atomic E-state index is 7.07. The van der Waals surface area contributed by atoms with Crippen molar-refractivity contribution in [3.05, 3.63) is 23.8 Å². The molecule has 0 bridgehead atoms. The number of hydrogen-bond acceptors (Lipinski definition) is 0. The van der Waals surface area contributed by atoms with Gasteiger partial charge < -0.3 is 0 Å². The Balaban J connectivity index is 1.73. The Bertz CT molecular complexity index is 546. The highest BCUT2D eigenvalue weighted by Crippen LogP contribution is 2.68. The van der Waals surface area contributed by atoms with Crippen LogP contribution >= 0.6 is 11.6 Å². The molecule has 4 aliphatic carbocycles. The van der Waals surface area contributed by atoms with E-state index in [1.54, 1.807) is 5.57 Å². The number of rotatable bonds is 1. The molecule has 3 fully saturated rings. The van der Waals surface area contributed by atoms with E-state index in [9.17, 15) is 0 Å². The Morgan fingerprint density at radius 3 is 2.78 bits per heavy atom. The highest BCUT2D eigenvalue weighted by Gasteiger charge is 2.61. The van der Waals surface area contributed by atoms with Crippen LogP contribution in [0.15, 0.2) is 23.8 Å². The molecule has 0 spiro atoms. The lowest BCUT2D eigenvalue weighted by atomic mass is 9.47. The molecule has 4 rings (SSSR count). The smallest absolute Gasteiger partial charge is 0.0407 e.